The number of fused-ring (bicyclic) bond motifs is 3. The van der Waals surface area contributed by atoms with E-state index < -0.39 is 0 Å². The Morgan fingerprint density at radius 1 is 1.12 bits per heavy atom. The third-order valence-electron chi connectivity index (χ3n) is 7.14. The lowest BCUT2D eigenvalue weighted by Crippen LogP contribution is -2.38. The molecule has 1 aliphatic heterocycles. The average Bonchev–Trinajstić information content (AvgIpc) is 3.50. The predicted octanol–water partition coefficient (Wildman–Crippen LogP) is 4.09. The highest BCUT2D eigenvalue weighted by molar-refractivity contribution is 5.96. The van der Waals surface area contributed by atoms with Gasteiger partial charge in [-0.15, -0.1) is 5.10 Å². The van der Waals surface area contributed by atoms with E-state index in [0.717, 1.165) is 60.0 Å². The summed E-state index contributed by atoms with van der Waals surface area (Å²) in [6, 6.07) is 13.7. The predicted molar refractivity (Wildman–Crippen MR) is 131 cm³/mol. The summed E-state index contributed by atoms with van der Waals surface area (Å²) in [4.78, 5) is 22.7. The molecule has 4 aromatic rings. The monoisotopic (exact) mass is 456 g/mol. The van der Waals surface area contributed by atoms with Crippen LogP contribution in [0.2, 0.25) is 0 Å². The van der Waals surface area contributed by atoms with Gasteiger partial charge in [0.05, 0.1) is 12.6 Å². The molecule has 1 amide bonds. The first-order valence-electron chi connectivity index (χ1n) is 11.9. The third kappa shape index (κ3) is 3.54. The molecule has 3 heterocycles. The Morgan fingerprint density at radius 2 is 1.94 bits per heavy atom. The molecule has 0 bridgehead atoms. The Balaban J connectivity index is 1.54. The number of nitrogens with zero attached hydrogens (tertiary/aromatic N) is 4. The van der Waals surface area contributed by atoms with Gasteiger partial charge in [0.25, 0.3) is 0 Å². The van der Waals surface area contributed by atoms with E-state index in [1.807, 2.05) is 24.3 Å². The summed E-state index contributed by atoms with van der Waals surface area (Å²) >= 11 is 0. The Hall–Kier alpha value is -3.68. The van der Waals surface area contributed by atoms with E-state index in [2.05, 4.69) is 35.8 Å². The fourth-order valence-electron chi connectivity index (χ4n) is 4.76. The lowest BCUT2D eigenvalue weighted by Gasteiger charge is -2.18. The zero-order valence-corrected chi connectivity index (χ0v) is 19.5. The van der Waals surface area contributed by atoms with Crippen LogP contribution < -0.4 is 15.4 Å². The highest BCUT2D eigenvalue weighted by atomic mass is 16.5. The van der Waals surface area contributed by atoms with Gasteiger partial charge in [-0.2, -0.15) is 4.52 Å². The van der Waals surface area contributed by atoms with Gasteiger partial charge in [-0.25, -0.2) is 9.97 Å². The van der Waals surface area contributed by atoms with Crippen LogP contribution in [0.1, 0.15) is 44.6 Å². The third-order valence-corrected chi connectivity index (χ3v) is 7.14. The van der Waals surface area contributed by atoms with E-state index in [-0.39, 0.29) is 17.4 Å². The molecule has 174 valence electrons. The number of amides is 1. The second-order valence-electron chi connectivity index (χ2n) is 9.58. The number of benzene rings is 2. The van der Waals surface area contributed by atoms with Crippen molar-refractivity contribution in [3.63, 3.8) is 0 Å². The highest BCUT2D eigenvalue weighted by Crippen LogP contribution is 2.49. The summed E-state index contributed by atoms with van der Waals surface area (Å²) in [6.45, 7) is 3.00. The summed E-state index contributed by atoms with van der Waals surface area (Å²) in [6.07, 6.45) is 5.02. The fourth-order valence-corrected chi connectivity index (χ4v) is 4.76. The molecule has 2 fully saturated rings. The number of aromatic nitrogens is 4. The Bertz CT molecular complexity index is 1390. The number of hydrogen-bond acceptors (Lipinski definition) is 6. The van der Waals surface area contributed by atoms with Crippen LogP contribution in [0, 0.1) is 0 Å². The number of carbonyl (C=O) groups is 1. The van der Waals surface area contributed by atoms with Crippen molar-refractivity contribution in [3.05, 3.63) is 48.0 Å². The Morgan fingerprint density at radius 3 is 2.71 bits per heavy atom. The number of rotatable bonds is 5. The lowest BCUT2D eigenvalue weighted by atomic mass is 9.96. The number of ether oxygens (including phenoxy) is 1. The molecular weight excluding hydrogens is 428 g/mol. The average molecular weight is 457 g/mol. The van der Waals surface area contributed by atoms with Crippen LogP contribution in [0.5, 0.6) is 5.75 Å². The molecule has 34 heavy (non-hydrogen) atoms. The molecule has 2 aliphatic rings. The zero-order chi connectivity index (χ0) is 23.3. The second kappa shape index (κ2) is 7.97. The van der Waals surface area contributed by atoms with Gasteiger partial charge in [0.1, 0.15) is 11.8 Å². The summed E-state index contributed by atoms with van der Waals surface area (Å²) < 4.78 is 7.04. The van der Waals surface area contributed by atoms with Crippen molar-refractivity contribution in [2.45, 2.75) is 50.5 Å². The molecule has 1 unspecified atom stereocenters. The van der Waals surface area contributed by atoms with Gasteiger partial charge >= 0.3 is 0 Å². The van der Waals surface area contributed by atoms with Gasteiger partial charge in [0.15, 0.2) is 11.5 Å². The minimum Gasteiger partial charge on any atom is -0.497 e. The Kier molecular flexibility index (Phi) is 4.90. The minimum atomic E-state index is -0.354. The molecule has 1 saturated carbocycles. The molecule has 1 aliphatic carbocycles. The molecule has 2 N–H and O–H groups in total. The van der Waals surface area contributed by atoms with Crippen molar-refractivity contribution < 1.29 is 9.53 Å². The Labute approximate surface area is 197 Å². The smallest absolute Gasteiger partial charge is 0.242 e. The second-order valence-corrected chi connectivity index (χ2v) is 9.58. The van der Waals surface area contributed by atoms with Crippen LogP contribution in [0.4, 0.5) is 5.95 Å². The summed E-state index contributed by atoms with van der Waals surface area (Å²) in [5, 5.41) is 12.2. The fraction of sp³-hybridized carbons (Fsp3) is 0.385. The van der Waals surface area contributed by atoms with E-state index in [1.54, 1.807) is 11.6 Å². The van der Waals surface area contributed by atoms with E-state index in [9.17, 15) is 4.79 Å². The van der Waals surface area contributed by atoms with Gasteiger partial charge in [-0.3, -0.25) is 4.79 Å². The SMILES string of the molecule is COc1ccc(-c2nc3c4cccc(C5(C)CC5)c4nc(NC4CCCCNC4=O)n3n2)cc1. The van der Waals surface area contributed by atoms with E-state index >= 15 is 0 Å². The molecule has 1 saturated heterocycles. The number of methoxy groups -OCH3 is 1. The normalized spacial score (nSPS) is 19.6. The molecule has 2 aromatic heterocycles. The van der Waals surface area contributed by atoms with Crippen LogP contribution >= 0.6 is 0 Å². The van der Waals surface area contributed by atoms with Crippen molar-refractivity contribution in [1.29, 1.82) is 0 Å². The molecular formula is C26H28N6O2. The molecule has 1 atom stereocenters. The molecule has 6 rings (SSSR count). The molecule has 0 spiro atoms. The van der Waals surface area contributed by atoms with Crippen molar-refractivity contribution >= 4 is 28.4 Å². The van der Waals surface area contributed by atoms with Gasteiger partial charge in [-0.05, 0) is 73.4 Å². The number of nitrogens with one attached hydrogen (secondary N) is 2. The van der Waals surface area contributed by atoms with Crippen LogP contribution in [0.3, 0.4) is 0 Å². The maximum Gasteiger partial charge on any atom is 0.242 e. The number of carbonyl (C=O) groups excluding carboxylic acids is 1. The molecule has 2 aromatic carbocycles. The number of anilines is 1. The number of para-hydroxylation sites is 1. The maximum atomic E-state index is 12.7. The number of hydrogen-bond donors (Lipinski definition) is 2. The van der Waals surface area contributed by atoms with Crippen LogP contribution in [-0.4, -0.2) is 45.2 Å². The summed E-state index contributed by atoms with van der Waals surface area (Å²) in [7, 11) is 1.65. The van der Waals surface area contributed by atoms with Crippen LogP contribution in [-0.2, 0) is 10.2 Å². The quantitative estimate of drug-likeness (QED) is 0.470. The van der Waals surface area contributed by atoms with Gasteiger partial charge in [0, 0.05) is 17.5 Å². The topological polar surface area (TPSA) is 93.4 Å². The molecule has 0 radical (unpaired) electrons. The molecule has 8 heteroatoms. The van der Waals surface area contributed by atoms with Gasteiger partial charge < -0.3 is 15.4 Å². The van der Waals surface area contributed by atoms with Crippen LogP contribution in [0.15, 0.2) is 42.5 Å². The maximum absolute atomic E-state index is 12.7. The zero-order valence-electron chi connectivity index (χ0n) is 19.5. The first-order chi connectivity index (χ1) is 16.6. The standard InChI is InChI=1S/C26H28N6O2/c1-26(13-14-26)19-7-5-6-18-21(19)29-25(28-20-8-3-4-15-27-24(20)33)32-23(18)30-22(31-32)16-9-11-17(34-2)12-10-16/h5-7,9-12,20H,3-4,8,13-15H2,1-2H3,(H,27,33)(H,28,29). The van der Waals surface area contributed by atoms with Crippen LogP contribution in [0.25, 0.3) is 27.9 Å². The van der Waals surface area contributed by atoms with Crippen molar-refractivity contribution in [2.75, 3.05) is 19.0 Å². The van der Waals surface area contributed by atoms with E-state index in [4.69, 9.17) is 19.8 Å². The van der Waals surface area contributed by atoms with Crippen molar-refractivity contribution in [2.24, 2.45) is 0 Å². The largest absolute Gasteiger partial charge is 0.497 e. The minimum absolute atomic E-state index is 0.00507. The lowest BCUT2D eigenvalue weighted by molar-refractivity contribution is -0.121. The van der Waals surface area contributed by atoms with Crippen molar-refractivity contribution in [1.82, 2.24) is 24.9 Å². The van der Waals surface area contributed by atoms with E-state index in [1.165, 1.54) is 5.56 Å². The van der Waals surface area contributed by atoms with E-state index in [0.29, 0.717) is 18.3 Å². The van der Waals surface area contributed by atoms with Crippen molar-refractivity contribution in [3.8, 4) is 17.1 Å². The summed E-state index contributed by atoms with van der Waals surface area (Å²) in [5.74, 6) is 1.94. The summed E-state index contributed by atoms with van der Waals surface area (Å²) in [5.41, 5.74) is 3.93. The molecule has 8 nitrogen and oxygen atoms in total. The van der Waals surface area contributed by atoms with Gasteiger partial charge in [-0.1, -0.05) is 19.1 Å². The van der Waals surface area contributed by atoms with Gasteiger partial charge in [0.2, 0.25) is 11.9 Å². The first-order valence-corrected chi connectivity index (χ1v) is 11.9. The first kappa shape index (κ1) is 20.9. The highest BCUT2D eigenvalue weighted by Gasteiger charge is 2.41.